The summed E-state index contributed by atoms with van der Waals surface area (Å²) in [5.41, 5.74) is 1.37. The first kappa shape index (κ1) is 12.6. The van der Waals surface area contributed by atoms with E-state index in [4.69, 9.17) is 0 Å². The van der Waals surface area contributed by atoms with Gasteiger partial charge in [0.1, 0.15) is 0 Å². The number of aliphatic hydroxyl groups excluding tert-OH is 1. The maximum atomic E-state index is 9.30. The molecule has 1 aliphatic rings. The van der Waals surface area contributed by atoms with Crippen molar-refractivity contribution < 1.29 is 5.11 Å². The van der Waals surface area contributed by atoms with E-state index in [0.717, 1.165) is 32.5 Å². The molecule has 1 heterocycles. The van der Waals surface area contributed by atoms with Crippen molar-refractivity contribution in [2.45, 2.75) is 18.9 Å². The number of hydrogen-bond donors (Lipinski definition) is 3. The standard InChI is InChI=1S/C14H22N2O/c17-11-13-10-15-8-7-14(13)16-9-6-12-4-2-1-3-5-12/h1-5,13-17H,6-11H2/t13-,14+/m0/s1. The van der Waals surface area contributed by atoms with Crippen LogP contribution in [0.4, 0.5) is 0 Å². The first-order chi connectivity index (χ1) is 8.40. The second-order valence-electron chi connectivity index (χ2n) is 4.73. The van der Waals surface area contributed by atoms with E-state index in [-0.39, 0.29) is 6.61 Å². The predicted molar refractivity (Wildman–Crippen MR) is 70.0 cm³/mol. The Labute approximate surface area is 103 Å². The summed E-state index contributed by atoms with van der Waals surface area (Å²) < 4.78 is 0. The van der Waals surface area contributed by atoms with E-state index in [1.54, 1.807) is 0 Å². The van der Waals surface area contributed by atoms with Crippen molar-refractivity contribution in [3.8, 4) is 0 Å². The molecule has 0 aromatic heterocycles. The molecule has 0 aliphatic carbocycles. The Bertz CT molecular complexity index is 315. The molecule has 1 saturated heterocycles. The Kier molecular flexibility index (Phi) is 4.98. The minimum atomic E-state index is 0.274. The average Bonchev–Trinajstić information content (AvgIpc) is 2.40. The van der Waals surface area contributed by atoms with E-state index in [1.807, 2.05) is 6.07 Å². The van der Waals surface area contributed by atoms with Crippen LogP contribution in [0, 0.1) is 5.92 Å². The monoisotopic (exact) mass is 234 g/mol. The molecule has 0 unspecified atom stereocenters. The molecule has 1 fully saturated rings. The van der Waals surface area contributed by atoms with Gasteiger partial charge < -0.3 is 15.7 Å². The fourth-order valence-electron chi connectivity index (χ4n) is 2.43. The van der Waals surface area contributed by atoms with E-state index in [0.29, 0.717) is 12.0 Å². The maximum absolute atomic E-state index is 9.30. The van der Waals surface area contributed by atoms with Crippen molar-refractivity contribution >= 4 is 0 Å². The molecule has 0 bridgehead atoms. The highest BCUT2D eigenvalue weighted by molar-refractivity contribution is 5.14. The van der Waals surface area contributed by atoms with E-state index >= 15 is 0 Å². The number of rotatable bonds is 5. The third kappa shape index (κ3) is 3.80. The number of aliphatic hydroxyl groups is 1. The molecule has 0 saturated carbocycles. The SMILES string of the molecule is OC[C@@H]1CNCC[C@H]1NCCc1ccccc1. The van der Waals surface area contributed by atoms with Crippen LogP contribution in [-0.2, 0) is 6.42 Å². The van der Waals surface area contributed by atoms with Crippen LogP contribution in [0.3, 0.4) is 0 Å². The molecule has 3 nitrogen and oxygen atoms in total. The molecule has 1 aromatic carbocycles. The van der Waals surface area contributed by atoms with E-state index in [9.17, 15) is 5.11 Å². The molecular formula is C14H22N2O. The van der Waals surface area contributed by atoms with Crippen LogP contribution in [0.15, 0.2) is 30.3 Å². The van der Waals surface area contributed by atoms with Gasteiger partial charge in [-0.25, -0.2) is 0 Å². The molecule has 0 spiro atoms. The molecular weight excluding hydrogens is 212 g/mol. The van der Waals surface area contributed by atoms with Crippen LogP contribution >= 0.6 is 0 Å². The van der Waals surface area contributed by atoms with Crippen molar-refractivity contribution in [3.63, 3.8) is 0 Å². The average molecular weight is 234 g/mol. The van der Waals surface area contributed by atoms with Gasteiger partial charge >= 0.3 is 0 Å². The van der Waals surface area contributed by atoms with Crippen molar-refractivity contribution in [1.29, 1.82) is 0 Å². The summed E-state index contributed by atoms with van der Waals surface area (Å²) in [4.78, 5) is 0. The van der Waals surface area contributed by atoms with Crippen molar-refractivity contribution in [1.82, 2.24) is 10.6 Å². The highest BCUT2D eigenvalue weighted by atomic mass is 16.3. The molecule has 94 valence electrons. The van der Waals surface area contributed by atoms with E-state index in [2.05, 4.69) is 34.9 Å². The second-order valence-corrected chi connectivity index (χ2v) is 4.73. The molecule has 0 radical (unpaired) electrons. The Morgan fingerprint density at radius 1 is 1.29 bits per heavy atom. The van der Waals surface area contributed by atoms with Crippen LogP contribution in [0.5, 0.6) is 0 Å². The predicted octanol–water partition coefficient (Wildman–Crippen LogP) is 0.789. The highest BCUT2D eigenvalue weighted by Gasteiger charge is 2.23. The molecule has 2 atom stereocenters. The maximum Gasteiger partial charge on any atom is 0.0486 e. The summed E-state index contributed by atoms with van der Waals surface area (Å²) in [5, 5.41) is 16.2. The molecule has 0 amide bonds. The number of benzene rings is 1. The second kappa shape index (κ2) is 6.74. The van der Waals surface area contributed by atoms with Gasteiger partial charge in [-0.05, 0) is 31.5 Å². The minimum Gasteiger partial charge on any atom is -0.396 e. The molecule has 17 heavy (non-hydrogen) atoms. The van der Waals surface area contributed by atoms with Crippen LogP contribution in [0.1, 0.15) is 12.0 Å². The van der Waals surface area contributed by atoms with Crippen LogP contribution in [-0.4, -0.2) is 37.4 Å². The first-order valence-corrected chi connectivity index (χ1v) is 6.49. The minimum absolute atomic E-state index is 0.274. The summed E-state index contributed by atoms with van der Waals surface area (Å²) in [7, 11) is 0. The summed E-state index contributed by atoms with van der Waals surface area (Å²) in [6.07, 6.45) is 2.17. The summed E-state index contributed by atoms with van der Waals surface area (Å²) >= 11 is 0. The lowest BCUT2D eigenvalue weighted by molar-refractivity contribution is 0.164. The molecule has 1 aliphatic heterocycles. The quantitative estimate of drug-likeness (QED) is 0.706. The van der Waals surface area contributed by atoms with Gasteiger partial charge in [0.2, 0.25) is 0 Å². The lowest BCUT2D eigenvalue weighted by Crippen LogP contribution is -2.49. The number of nitrogens with one attached hydrogen (secondary N) is 2. The lowest BCUT2D eigenvalue weighted by Gasteiger charge is -2.31. The molecule has 3 N–H and O–H groups in total. The smallest absolute Gasteiger partial charge is 0.0486 e. The van der Waals surface area contributed by atoms with Crippen molar-refractivity contribution in [3.05, 3.63) is 35.9 Å². The zero-order chi connectivity index (χ0) is 11.9. The topological polar surface area (TPSA) is 44.3 Å². The highest BCUT2D eigenvalue weighted by Crippen LogP contribution is 2.10. The first-order valence-electron chi connectivity index (χ1n) is 6.49. The van der Waals surface area contributed by atoms with Crippen LogP contribution in [0.2, 0.25) is 0 Å². The van der Waals surface area contributed by atoms with Crippen molar-refractivity contribution in [2.75, 3.05) is 26.2 Å². The van der Waals surface area contributed by atoms with Gasteiger partial charge in [-0.2, -0.15) is 0 Å². The third-order valence-corrected chi connectivity index (χ3v) is 3.51. The van der Waals surface area contributed by atoms with E-state index < -0.39 is 0 Å². The van der Waals surface area contributed by atoms with Gasteiger partial charge in [-0.15, -0.1) is 0 Å². The molecule has 3 heteroatoms. The van der Waals surface area contributed by atoms with Gasteiger partial charge in [0, 0.05) is 25.1 Å². The fraction of sp³-hybridized carbons (Fsp3) is 0.571. The van der Waals surface area contributed by atoms with Crippen LogP contribution in [0.25, 0.3) is 0 Å². The Balaban J connectivity index is 1.74. The lowest BCUT2D eigenvalue weighted by atomic mass is 9.94. The summed E-state index contributed by atoms with van der Waals surface area (Å²) in [6, 6.07) is 11.0. The molecule has 1 aromatic rings. The Morgan fingerprint density at radius 3 is 2.88 bits per heavy atom. The normalized spacial score (nSPS) is 24.8. The van der Waals surface area contributed by atoms with Gasteiger partial charge in [-0.1, -0.05) is 30.3 Å². The molecule has 2 rings (SSSR count). The van der Waals surface area contributed by atoms with Gasteiger partial charge in [0.05, 0.1) is 0 Å². The summed E-state index contributed by atoms with van der Waals surface area (Å²) in [6.45, 7) is 3.25. The zero-order valence-electron chi connectivity index (χ0n) is 10.2. The van der Waals surface area contributed by atoms with Gasteiger partial charge in [0.25, 0.3) is 0 Å². The summed E-state index contributed by atoms with van der Waals surface area (Å²) in [5.74, 6) is 0.361. The van der Waals surface area contributed by atoms with Gasteiger partial charge in [-0.3, -0.25) is 0 Å². The van der Waals surface area contributed by atoms with Crippen LogP contribution < -0.4 is 10.6 Å². The zero-order valence-corrected chi connectivity index (χ0v) is 10.2. The Morgan fingerprint density at radius 2 is 2.12 bits per heavy atom. The van der Waals surface area contributed by atoms with Gasteiger partial charge in [0.15, 0.2) is 0 Å². The Hall–Kier alpha value is -0.900. The number of piperidine rings is 1. The van der Waals surface area contributed by atoms with Crippen molar-refractivity contribution in [2.24, 2.45) is 5.92 Å². The van der Waals surface area contributed by atoms with E-state index in [1.165, 1.54) is 5.56 Å². The number of hydrogen-bond acceptors (Lipinski definition) is 3. The fourth-order valence-corrected chi connectivity index (χ4v) is 2.43. The largest absolute Gasteiger partial charge is 0.396 e. The third-order valence-electron chi connectivity index (χ3n) is 3.51.